The molecule has 1 aliphatic carbocycles. The molecule has 1 aromatic heterocycles. The molecule has 1 unspecified atom stereocenters. The van der Waals surface area contributed by atoms with Crippen molar-refractivity contribution in [2.75, 3.05) is 0 Å². The van der Waals surface area contributed by atoms with Crippen LogP contribution in [0, 0.1) is 6.92 Å². The Kier molecular flexibility index (Phi) is 3.43. The summed E-state index contributed by atoms with van der Waals surface area (Å²) in [5.74, 6) is 0.897. The maximum atomic E-state index is 6.38. The smallest absolute Gasteiger partial charge is 0.134 e. The molecule has 2 nitrogen and oxygen atoms in total. The van der Waals surface area contributed by atoms with E-state index in [9.17, 15) is 0 Å². The van der Waals surface area contributed by atoms with Crippen LogP contribution in [0.15, 0.2) is 40.3 Å². The van der Waals surface area contributed by atoms with Gasteiger partial charge < -0.3 is 10.2 Å². The molecule has 0 saturated heterocycles. The molecule has 0 fully saturated rings. The maximum absolute atomic E-state index is 6.38. The van der Waals surface area contributed by atoms with Crippen molar-refractivity contribution in [1.82, 2.24) is 0 Å². The highest BCUT2D eigenvalue weighted by atomic mass is 16.3. The monoisotopic (exact) mass is 255 g/mol. The zero-order valence-corrected chi connectivity index (χ0v) is 11.5. The Morgan fingerprint density at radius 2 is 2.05 bits per heavy atom. The van der Waals surface area contributed by atoms with Crippen molar-refractivity contribution in [3.05, 3.63) is 47.2 Å². The molecule has 1 atom stereocenters. The number of furan rings is 1. The summed E-state index contributed by atoms with van der Waals surface area (Å²) >= 11 is 0. The van der Waals surface area contributed by atoms with E-state index in [1.165, 1.54) is 30.4 Å². The lowest BCUT2D eigenvalue weighted by Crippen LogP contribution is -2.12. The summed E-state index contributed by atoms with van der Waals surface area (Å²) in [4.78, 5) is 0. The molecular formula is C17H21NO. The SMILES string of the molecule is Cc1ccc2oc(C(N)C3=CCCCCC3)cc2c1. The van der Waals surface area contributed by atoms with Gasteiger partial charge in [0.1, 0.15) is 11.3 Å². The summed E-state index contributed by atoms with van der Waals surface area (Å²) in [5, 5.41) is 1.15. The van der Waals surface area contributed by atoms with Gasteiger partial charge in [-0.1, -0.05) is 24.1 Å². The van der Waals surface area contributed by atoms with Gasteiger partial charge in [0.15, 0.2) is 0 Å². The third-order valence-electron chi connectivity index (χ3n) is 3.97. The topological polar surface area (TPSA) is 39.2 Å². The number of allylic oxidation sites excluding steroid dienone is 1. The van der Waals surface area contributed by atoms with Crippen molar-refractivity contribution in [3.8, 4) is 0 Å². The minimum atomic E-state index is -0.0780. The van der Waals surface area contributed by atoms with Crippen LogP contribution in [0.5, 0.6) is 0 Å². The van der Waals surface area contributed by atoms with Crippen LogP contribution in [-0.4, -0.2) is 0 Å². The average molecular weight is 255 g/mol. The first-order chi connectivity index (χ1) is 9.24. The first-order valence-electron chi connectivity index (χ1n) is 7.18. The number of nitrogens with two attached hydrogens (primary N) is 1. The predicted molar refractivity (Wildman–Crippen MR) is 79.0 cm³/mol. The normalized spacial score (nSPS) is 18.1. The first-order valence-corrected chi connectivity index (χ1v) is 7.18. The van der Waals surface area contributed by atoms with Gasteiger partial charge in [-0.2, -0.15) is 0 Å². The van der Waals surface area contributed by atoms with Gasteiger partial charge >= 0.3 is 0 Å². The largest absolute Gasteiger partial charge is 0.459 e. The van der Waals surface area contributed by atoms with Crippen LogP contribution in [0.1, 0.15) is 49.5 Å². The fourth-order valence-corrected chi connectivity index (χ4v) is 2.84. The molecule has 0 radical (unpaired) electrons. The summed E-state index contributed by atoms with van der Waals surface area (Å²) in [7, 11) is 0. The summed E-state index contributed by atoms with van der Waals surface area (Å²) in [6, 6.07) is 8.27. The van der Waals surface area contributed by atoms with Crippen LogP contribution in [0.2, 0.25) is 0 Å². The maximum Gasteiger partial charge on any atom is 0.134 e. The van der Waals surface area contributed by atoms with Crippen LogP contribution in [0.3, 0.4) is 0 Å². The number of fused-ring (bicyclic) bond motifs is 1. The van der Waals surface area contributed by atoms with Gasteiger partial charge in [0.25, 0.3) is 0 Å². The molecule has 100 valence electrons. The summed E-state index contributed by atoms with van der Waals surface area (Å²) in [6.45, 7) is 2.10. The second-order valence-electron chi connectivity index (χ2n) is 5.55. The van der Waals surface area contributed by atoms with Gasteiger partial charge in [-0.15, -0.1) is 0 Å². The Hall–Kier alpha value is -1.54. The van der Waals surface area contributed by atoms with Gasteiger partial charge in [-0.25, -0.2) is 0 Å². The molecule has 0 saturated carbocycles. The Morgan fingerprint density at radius 3 is 2.95 bits per heavy atom. The lowest BCUT2D eigenvalue weighted by Gasteiger charge is -2.12. The standard InChI is InChI=1S/C17H21NO/c1-12-8-9-15-14(10-12)11-16(19-15)17(18)13-6-4-2-3-5-7-13/h6,8-11,17H,2-5,7,18H2,1H3. The van der Waals surface area contributed by atoms with Gasteiger partial charge in [-0.3, -0.25) is 0 Å². The van der Waals surface area contributed by atoms with Crippen molar-refractivity contribution in [2.24, 2.45) is 5.73 Å². The van der Waals surface area contributed by atoms with E-state index in [4.69, 9.17) is 10.2 Å². The quantitative estimate of drug-likeness (QED) is 0.794. The van der Waals surface area contributed by atoms with Gasteiger partial charge in [0.05, 0.1) is 6.04 Å². The van der Waals surface area contributed by atoms with E-state index in [-0.39, 0.29) is 6.04 Å². The van der Waals surface area contributed by atoms with Gasteiger partial charge in [0, 0.05) is 5.39 Å². The van der Waals surface area contributed by atoms with E-state index in [0.29, 0.717) is 0 Å². The lowest BCUT2D eigenvalue weighted by molar-refractivity contribution is 0.514. The molecule has 1 aromatic carbocycles. The van der Waals surface area contributed by atoms with Crippen LogP contribution in [0.4, 0.5) is 0 Å². The number of benzene rings is 1. The lowest BCUT2D eigenvalue weighted by atomic mass is 10.0. The van der Waals surface area contributed by atoms with E-state index >= 15 is 0 Å². The predicted octanol–water partition coefficient (Wildman–Crippen LogP) is 4.63. The number of hydrogen-bond acceptors (Lipinski definition) is 2. The van der Waals surface area contributed by atoms with Crippen molar-refractivity contribution >= 4 is 11.0 Å². The summed E-state index contributed by atoms with van der Waals surface area (Å²) in [6.07, 6.45) is 8.43. The zero-order valence-electron chi connectivity index (χ0n) is 11.5. The summed E-state index contributed by atoms with van der Waals surface area (Å²) < 4.78 is 5.91. The second kappa shape index (κ2) is 5.22. The van der Waals surface area contributed by atoms with E-state index in [1.54, 1.807) is 0 Å². The number of aryl methyl sites for hydroxylation is 1. The highest BCUT2D eigenvalue weighted by Gasteiger charge is 2.17. The fourth-order valence-electron chi connectivity index (χ4n) is 2.84. The molecular weight excluding hydrogens is 234 g/mol. The highest BCUT2D eigenvalue weighted by Crippen LogP contribution is 2.31. The molecule has 19 heavy (non-hydrogen) atoms. The second-order valence-corrected chi connectivity index (χ2v) is 5.55. The van der Waals surface area contributed by atoms with E-state index in [1.807, 2.05) is 6.07 Å². The minimum Gasteiger partial charge on any atom is -0.459 e. The van der Waals surface area contributed by atoms with Crippen molar-refractivity contribution in [3.63, 3.8) is 0 Å². The Balaban J connectivity index is 1.92. The molecule has 1 aliphatic rings. The van der Waals surface area contributed by atoms with Gasteiger partial charge in [-0.05, 0) is 56.4 Å². The minimum absolute atomic E-state index is 0.0780. The van der Waals surface area contributed by atoms with Crippen molar-refractivity contribution in [1.29, 1.82) is 0 Å². The van der Waals surface area contributed by atoms with Gasteiger partial charge in [0.2, 0.25) is 0 Å². The molecule has 2 N–H and O–H groups in total. The van der Waals surface area contributed by atoms with Crippen LogP contribution in [0.25, 0.3) is 11.0 Å². The first kappa shape index (κ1) is 12.5. The van der Waals surface area contributed by atoms with E-state index < -0.39 is 0 Å². The summed E-state index contributed by atoms with van der Waals surface area (Å²) in [5.41, 5.74) is 9.91. The average Bonchev–Trinajstić information content (AvgIpc) is 2.64. The Bertz CT molecular complexity index is 609. The third kappa shape index (κ3) is 2.59. The highest BCUT2D eigenvalue weighted by molar-refractivity contribution is 5.78. The van der Waals surface area contributed by atoms with E-state index in [0.717, 1.165) is 29.6 Å². The number of hydrogen-bond donors (Lipinski definition) is 1. The van der Waals surface area contributed by atoms with Crippen LogP contribution in [-0.2, 0) is 0 Å². The fraction of sp³-hybridized carbons (Fsp3) is 0.412. The molecule has 0 spiro atoms. The molecule has 1 heterocycles. The Labute approximate surface area is 114 Å². The molecule has 2 aromatic rings. The van der Waals surface area contributed by atoms with E-state index in [2.05, 4.69) is 31.2 Å². The molecule has 2 heteroatoms. The van der Waals surface area contributed by atoms with Crippen molar-refractivity contribution < 1.29 is 4.42 Å². The van der Waals surface area contributed by atoms with Crippen LogP contribution < -0.4 is 5.73 Å². The zero-order chi connectivity index (χ0) is 13.2. The number of rotatable bonds is 2. The molecule has 0 amide bonds. The third-order valence-corrected chi connectivity index (χ3v) is 3.97. The molecule has 0 aliphatic heterocycles. The molecule has 0 bridgehead atoms. The van der Waals surface area contributed by atoms with Crippen molar-refractivity contribution in [2.45, 2.75) is 45.1 Å². The molecule has 3 rings (SSSR count). The van der Waals surface area contributed by atoms with Crippen LogP contribution >= 0.6 is 0 Å². The Morgan fingerprint density at radius 1 is 1.16 bits per heavy atom.